The molecular weight excluding hydrogens is 379 g/mol. The Labute approximate surface area is 155 Å². The van der Waals surface area contributed by atoms with Crippen molar-refractivity contribution in [3.63, 3.8) is 0 Å². The van der Waals surface area contributed by atoms with Crippen LogP contribution < -0.4 is 5.32 Å². The molecule has 26 heavy (non-hydrogen) atoms. The Bertz CT molecular complexity index is 883. The molecule has 1 N–H and O–H groups in total. The standard InChI is InChI=1S/C16H19FN4O3S2/c1-2-26(23,24)21-9-3-4-11(10-21)15-19-20-16(25-15)14(22)18-13-7-5-12(17)6-8-13/h5-8,11H,2-4,9-10H2,1H3,(H,18,22). The van der Waals surface area contributed by atoms with Crippen molar-refractivity contribution < 1.29 is 17.6 Å². The minimum atomic E-state index is -3.24. The Morgan fingerprint density at radius 1 is 1.35 bits per heavy atom. The van der Waals surface area contributed by atoms with E-state index in [9.17, 15) is 17.6 Å². The van der Waals surface area contributed by atoms with Gasteiger partial charge >= 0.3 is 0 Å². The van der Waals surface area contributed by atoms with Crippen LogP contribution in [0.15, 0.2) is 24.3 Å². The highest BCUT2D eigenvalue weighted by molar-refractivity contribution is 7.89. The molecule has 0 bridgehead atoms. The van der Waals surface area contributed by atoms with Gasteiger partial charge in [-0.15, -0.1) is 10.2 Å². The van der Waals surface area contributed by atoms with Crippen LogP contribution >= 0.6 is 11.3 Å². The summed E-state index contributed by atoms with van der Waals surface area (Å²) in [5.74, 6) is -0.796. The van der Waals surface area contributed by atoms with Gasteiger partial charge in [0.05, 0.1) is 5.75 Å². The van der Waals surface area contributed by atoms with Crippen LogP contribution in [0, 0.1) is 5.82 Å². The summed E-state index contributed by atoms with van der Waals surface area (Å²) in [6.45, 7) is 2.51. The Hall–Kier alpha value is -1.91. The van der Waals surface area contributed by atoms with Crippen molar-refractivity contribution in [2.24, 2.45) is 0 Å². The maximum atomic E-state index is 12.9. The number of hydrogen-bond acceptors (Lipinski definition) is 6. The maximum Gasteiger partial charge on any atom is 0.286 e. The highest BCUT2D eigenvalue weighted by Gasteiger charge is 2.30. The SMILES string of the molecule is CCS(=O)(=O)N1CCCC(c2nnc(C(=O)Nc3ccc(F)cc3)s2)C1. The number of benzene rings is 1. The van der Waals surface area contributed by atoms with Crippen molar-refractivity contribution in [3.05, 3.63) is 40.1 Å². The second-order valence-electron chi connectivity index (χ2n) is 6.00. The largest absolute Gasteiger partial charge is 0.320 e. The molecule has 0 saturated carbocycles. The second-order valence-corrected chi connectivity index (χ2v) is 9.27. The van der Waals surface area contributed by atoms with E-state index in [1.54, 1.807) is 6.92 Å². The molecule has 3 rings (SSSR count). The van der Waals surface area contributed by atoms with E-state index in [0.29, 0.717) is 23.8 Å². The molecule has 10 heteroatoms. The highest BCUT2D eigenvalue weighted by Crippen LogP contribution is 2.30. The van der Waals surface area contributed by atoms with Crippen LogP contribution in [0.1, 0.15) is 40.5 Å². The first-order valence-corrected chi connectivity index (χ1v) is 10.7. The highest BCUT2D eigenvalue weighted by atomic mass is 32.2. The first-order chi connectivity index (χ1) is 12.4. The Morgan fingerprint density at radius 2 is 2.08 bits per heavy atom. The fraction of sp³-hybridized carbons (Fsp3) is 0.438. The second kappa shape index (κ2) is 7.77. The van der Waals surface area contributed by atoms with Crippen molar-refractivity contribution >= 4 is 33.0 Å². The molecule has 1 saturated heterocycles. The molecule has 1 aliphatic rings. The molecule has 1 unspecified atom stereocenters. The smallest absolute Gasteiger partial charge is 0.286 e. The fourth-order valence-corrected chi connectivity index (χ4v) is 4.83. The average molecular weight is 398 g/mol. The Kier molecular flexibility index (Phi) is 5.64. The third-order valence-electron chi connectivity index (χ3n) is 4.23. The van der Waals surface area contributed by atoms with Crippen molar-refractivity contribution in [3.8, 4) is 0 Å². The molecule has 2 aromatic rings. The normalized spacial score (nSPS) is 18.6. The first-order valence-electron chi connectivity index (χ1n) is 8.27. The van der Waals surface area contributed by atoms with Crippen molar-refractivity contribution in [2.45, 2.75) is 25.7 Å². The van der Waals surface area contributed by atoms with E-state index in [4.69, 9.17) is 0 Å². The minimum absolute atomic E-state index is 0.0602. The number of halogens is 1. The van der Waals surface area contributed by atoms with E-state index >= 15 is 0 Å². The molecular formula is C16H19FN4O3S2. The number of piperidine rings is 1. The third kappa shape index (κ3) is 4.25. The van der Waals surface area contributed by atoms with Gasteiger partial charge in [0.15, 0.2) is 0 Å². The Morgan fingerprint density at radius 3 is 2.77 bits per heavy atom. The molecule has 1 amide bonds. The third-order valence-corrected chi connectivity index (χ3v) is 7.16. The van der Waals surface area contributed by atoms with E-state index < -0.39 is 15.9 Å². The van der Waals surface area contributed by atoms with Gasteiger partial charge in [0.2, 0.25) is 15.0 Å². The summed E-state index contributed by atoms with van der Waals surface area (Å²) in [4.78, 5) is 12.3. The van der Waals surface area contributed by atoms with Crippen LogP contribution in [0.4, 0.5) is 10.1 Å². The van der Waals surface area contributed by atoms with Gasteiger partial charge in [-0.1, -0.05) is 11.3 Å². The molecule has 1 aromatic heterocycles. The molecule has 0 radical (unpaired) electrons. The minimum Gasteiger partial charge on any atom is -0.320 e. The van der Waals surface area contributed by atoms with Gasteiger partial charge in [0.25, 0.3) is 5.91 Å². The van der Waals surface area contributed by atoms with Crippen molar-refractivity contribution in [1.29, 1.82) is 0 Å². The number of carbonyl (C=O) groups excluding carboxylic acids is 1. The van der Waals surface area contributed by atoms with E-state index in [1.165, 1.54) is 28.6 Å². The van der Waals surface area contributed by atoms with E-state index in [0.717, 1.165) is 24.2 Å². The fourth-order valence-electron chi connectivity index (χ4n) is 2.79. The van der Waals surface area contributed by atoms with Crippen LogP contribution in [0.25, 0.3) is 0 Å². The van der Waals surface area contributed by atoms with Crippen LogP contribution in [0.3, 0.4) is 0 Å². The number of sulfonamides is 1. The van der Waals surface area contributed by atoms with Crippen molar-refractivity contribution in [2.75, 3.05) is 24.2 Å². The zero-order valence-corrected chi connectivity index (χ0v) is 15.8. The summed E-state index contributed by atoms with van der Waals surface area (Å²) in [6, 6.07) is 5.44. The molecule has 7 nitrogen and oxygen atoms in total. The van der Waals surface area contributed by atoms with E-state index in [-0.39, 0.29) is 22.5 Å². The van der Waals surface area contributed by atoms with Gasteiger partial charge < -0.3 is 5.32 Å². The quantitative estimate of drug-likeness (QED) is 0.835. The average Bonchev–Trinajstić information content (AvgIpc) is 3.14. The summed E-state index contributed by atoms with van der Waals surface area (Å²) < 4.78 is 38.6. The lowest BCUT2D eigenvalue weighted by Crippen LogP contribution is -2.39. The van der Waals surface area contributed by atoms with Gasteiger partial charge in [-0.2, -0.15) is 0 Å². The maximum absolute atomic E-state index is 12.9. The van der Waals surface area contributed by atoms with E-state index in [2.05, 4.69) is 15.5 Å². The first kappa shape index (κ1) is 18.9. The number of rotatable bonds is 5. The summed E-state index contributed by atoms with van der Waals surface area (Å²) in [5, 5.41) is 11.5. The summed E-state index contributed by atoms with van der Waals surface area (Å²) >= 11 is 1.16. The number of aromatic nitrogens is 2. The predicted molar refractivity (Wildman–Crippen MR) is 97.3 cm³/mol. The van der Waals surface area contributed by atoms with Crippen LogP contribution in [0.5, 0.6) is 0 Å². The Balaban J connectivity index is 1.69. The number of amides is 1. The zero-order valence-electron chi connectivity index (χ0n) is 14.2. The number of anilines is 1. The summed E-state index contributed by atoms with van der Waals surface area (Å²) in [5.41, 5.74) is 0.464. The van der Waals surface area contributed by atoms with Gasteiger partial charge in [0.1, 0.15) is 10.8 Å². The lowest BCUT2D eigenvalue weighted by Gasteiger charge is -2.30. The molecule has 1 aliphatic heterocycles. The molecule has 1 aromatic carbocycles. The van der Waals surface area contributed by atoms with Crippen LogP contribution in [-0.4, -0.2) is 47.7 Å². The van der Waals surface area contributed by atoms with Gasteiger partial charge in [-0.25, -0.2) is 17.1 Å². The van der Waals surface area contributed by atoms with E-state index in [1.807, 2.05) is 0 Å². The monoisotopic (exact) mass is 398 g/mol. The molecule has 2 heterocycles. The lowest BCUT2D eigenvalue weighted by molar-refractivity contribution is 0.102. The van der Waals surface area contributed by atoms with Crippen LogP contribution in [-0.2, 0) is 10.0 Å². The predicted octanol–water partition coefficient (Wildman–Crippen LogP) is 2.46. The zero-order chi connectivity index (χ0) is 18.7. The molecule has 0 spiro atoms. The number of carbonyl (C=O) groups is 1. The summed E-state index contributed by atoms with van der Waals surface area (Å²) in [6.07, 6.45) is 1.56. The summed E-state index contributed by atoms with van der Waals surface area (Å²) in [7, 11) is -3.24. The topological polar surface area (TPSA) is 92.3 Å². The molecule has 1 fully saturated rings. The number of nitrogens with zero attached hydrogens (tertiary/aromatic N) is 3. The molecule has 0 aliphatic carbocycles. The van der Waals surface area contributed by atoms with Gasteiger partial charge in [0, 0.05) is 24.7 Å². The molecule has 1 atom stereocenters. The molecule has 140 valence electrons. The van der Waals surface area contributed by atoms with Crippen LogP contribution in [0.2, 0.25) is 0 Å². The van der Waals surface area contributed by atoms with Gasteiger partial charge in [-0.05, 0) is 44.0 Å². The van der Waals surface area contributed by atoms with Crippen molar-refractivity contribution in [1.82, 2.24) is 14.5 Å². The number of nitrogens with one attached hydrogen (secondary N) is 1. The van der Waals surface area contributed by atoms with Gasteiger partial charge in [-0.3, -0.25) is 4.79 Å². The number of hydrogen-bond donors (Lipinski definition) is 1. The lowest BCUT2D eigenvalue weighted by atomic mass is 10.0.